The number of aryl methyl sites for hydroxylation is 1. The minimum absolute atomic E-state index is 0. The smallest absolute Gasteiger partial charge is 0.226 e. The third-order valence-electron chi connectivity index (χ3n) is 5.30. The number of hydrogen-bond acceptors (Lipinski definition) is 2. The molecule has 2 aliphatic carbocycles. The van der Waals surface area contributed by atoms with Crippen molar-refractivity contribution >= 4 is 18.3 Å². The van der Waals surface area contributed by atoms with Crippen molar-refractivity contribution in [1.29, 1.82) is 0 Å². The van der Waals surface area contributed by atoms with Crippen LogP contribution >= 0.6 is 12.4 Å². The fourth-order valence-corrected chi connectivity index (χ4v) is 4.13. The van der Waals surface area contributed by atoms with Crippen LogP contribution in [0.1, 0.15) is 30.4 Å². The number of benzene rings is 1. The van der Waals surface area contributed by atoms with Crippen molar-refractivity contribution in [2.45, 2.75) is 37.1 Å². The Kier molecular flexibility index (Phi) is 3.30. The summed E-state index contributed by atoms with van der Waals surface area (Å²) in [5.74, 6) is 0.575. The monoisotopic (exact) mass is 292 g/mol. The van der Waals surface area contributed by atoms with E-state index in [1.807, 2.05) is 4.90 Å². The fourth-order valence-electron chi connectivity index (χ4n) is 4.13. The second-order valence-electron chi connectivity index (χ2n) is 6.40. The summed E-state index contributed by atoms with van der Waals surface area (Å²) >= 11 is 0. The normalized spacial score (nSPS) is 34.0. The highest BCUT2D eigenvalue weighted by Crippen LogP contribution is 2.62. The number of fused-ring (bicyclic) bond motifs is 2. The molecular formula is C16H21ClN2O. The Hall–Kier alpha value is -1.06. The van der Waals surface area contributed by atoms with E-state index in [1.54, 1.807) is 0 Å². The minimum Gasteiger partial charge on any atom is -0.341 e. The maximum atomic E-state index is 12.6. The molecule has 3 nitrogen and oxygen atoms in total. The highest BCUT2D eigenvalue weighted by Gasteiger charge is 2.62. The number of amides is 1. The maximum Gasteiger partial charge on any atom is 0.226 e. The number of likely N-dealkylation sites (tertiary alicyclic amines) is 1. The van der Waals surface area contributed by atoms with Crippen molar-refractivity contribution in [2.24, 2.45) is 11.7 Å². The zero-order valence-electron chi connectivity index (χ0n) is 11.5. The fraction of sp³-hybridized carbons (Fsp3) is 0.562. The van der Waals surface area contributed by atoms with Crippen molar-refractivity contribution < 1.29 is 4.79 Å². The summed E-state index contributed by atoms with van der Waals surface area (Å²) in [6.45, 7) is 1.61. The topological polar surface area (TPSA) is 46.3 Å². The van der Waals surface area contributed by atoms with E-state index < -0.39 is 0 Å². The second kappa shape index (κ2) is 4.74. The highest BCUT2D eigenvalue weighted by molar-refractivity contribution is 5.85. The molecule has 4 rings (SSSR count). The van der Waals surface area contributed by atoms with Crippen LogP contribution in [0.3, 0.4) is 0 Å². The summed E-state index contributed by atoms with van der Waals surface area (Å²) in [4.78, 5) is 14.6. The van der Waals surface area contributed by atoms with Gasteiger partial charge in [0.15, 0.2) is 0 Å². The number of carbonyl (C=O) groups excluding carboxylic acids is 1. The van der Waals surface area contributed by atoms with Crippen molar-refractivity contribution in [2.75, 3.05) is 13.1 Å². The quantitative estimate of drug-likeness (QED) is 0.859. The first kappa shape index (κ1) is 13.9. The first-order valence-corrected chi connectivity index (χ1v) is 7.33. The lowest BCUT2D eigenvalue weighted by Crippen LogP contribution is -2.34. The van der Waals surface area contributed by atoms with Gasteiger partial charge in [-0.15, -0.1) is 12.4 Å². The van der Waals surface area contributed by atoms with E-state index in [4.69, 9.17) is 5.73 Å². The maximum absolute atomic E-state index is 12.6. The van der Waals surface area contributed by atoms with Gasteiger partial charge in [-0.1, -0.05) is 24.3 Å². The molecule has 20 heavy (non-hydrogen) atoms. The summed E-state index contributed by atoms with van der Waals surface area (Å²) in [5, 5.41) is 0. The Morgan fingerprint density at radius 3 is 2.90 bits per heavy atom. The lowest BCUT2D eigenvalue weighted by molar-refractivity contribution is -0.132. The zero-order chi connectivity index (χ0) is 13.0. The molecule has 0 aromatic heterocycles. The van der Waals surface area contributed by atoms with E-state index in [2.05, 4.69) is 24.3 Å². The predicted molar refractivity (Wildman–Crippen MR) is 81.0 cm³/mol. The number of carbonyl (C=O) groups is 1. The summed E-state index contributed by atoms with van der Waals surface area (Å²) in [5.41, 5.74) is 8.99. The van der Waals surface area contributed by atoms with Gasteiger partial charge in [-0.05, 0) is 36.8 Å². The van der Waals surface area contributed by atoms with Gasteiger partial charge < -0.3 is 10.6 Å². The lowest BCUT2D eigenvalue weighted by Gasteiger charge is -2.18. The molecule has 108 valence electrons. The Balaban J connectivity index is 0.00000121. The van der Waals surface area contributed by atoms with Crippen LogP contribution in [0.15, 0.2) is 24.3 Å². The SMILES string of the molecule is Cl.N[C@@H]1CCN(C(=O)C2CC23CCc2ccccc23)C1. The van der Waals surface area contributed by atoms with Gasteiger partial charge >= 0.3 is 0 Å². The average Bonchev–Trinajstić information content (AvgIpc) is 2.79. The minimum atomic E-state index is 0. The molecule has 1 aromatic rings. The van der Waals surface area contributed by atoms with Gasteiger partial charge in [0.05, 0.1) is 0 Å². The molecule has 1 aliphatic heterocycles. The first-order chi connectivity index (χ1) is 9.21. The Morgan fingerprint density at radius 2 is 2.15 bits per heavy atom. The van der Waals surface area contributed by atoms with Crippen LogP contribution in [-0.4, -0.2) is 29.9 Å². The standard InChI is InChI=1S/C16H20N2O.ClH/c17-12-6-8-18(10-12)15(19)14-9-16(14)7-5-11-3-1-2-4-13(11)16;/h1-4,12,14H,5-10,17H2;1H/t12-,14?,16?;/m1./s1. The van der Waals surface area contributed by atoms with Crippen molar-refractivity contribution in [3.05, 3.63) is 35.4 Å². The van der Waals surface area contributed by atoms with Crippen molar-refractivity contribution in [3.63, 3.8) is 0 Å². The summed E-state index contributed by atoms with van der Waals surface area (Å²) in [6, 6.07) is 8.85. The molecule has 3 aliphatic rings. The van der Waals surface area contributed by atoms with Gasteiger partial charge in [-0.25, -0.2) is 0 Å². The van der Waals surface area contributed by atoms with Gasteiger partial charge in [-0.2, -0.15) is 0 Å². The van der Waals surface area contributed by atoms with Crippen molar-refractivity contribution in [3.8, 4) is 0 Å². The third kappa shape index (κ3) is 1.87. The lowest BCUT2D eigenvalue weighted by atomic mass is 9.95. The molecule has 1 amide bonds. The average molecular weight is 293 g/mol. The Bertz CT molecular complexity index is 547. The first-order valence-electron chi connectivity index (χ1n) is 7.33. The predicted octanol–water partition coefficient (Wildman–Crippen LogP) is 1.87. The summed E-state index contributed by atoms with van der Waals surface area (Å²) in [6.07, 6.45) is 4.30. The van der Waals surface area contributed by atoms with Crippen LogP contribution in [-0.2, 0) is 16.6 Å². The third-order valence-corrected chi connectivity index (χ3v) is 5.30. The molecule has 4 heteroatoms. The van der Waals surface area contributed by atoms with E-state index in [0.29, 0.717) is 5.91 Å². The number of rotatable bonds is 1. The van der Waals surface area contributed by atoms with E-state index in [0.717, 1.165) is 38.8 Å². The van der Waals surface area contributed by atoms with E-state index in [9.17, 15) is 4.79 Å². The molecule has 1 spiro atoms. The molecule has 1 heterocycles. The highest BCUT2D eigenvalue weighted by atomic mass is 35.5. The molecule has 1 aromatic carbocycles. The molecular weight excluding hydrogens is 272 g/mol. The molecule has 0 radical (unpaired) electrons. The van der Waals surface area contributed by atoms with E-state index >= 15 is 0 Å². The molecule has 2 fully saturated rings. The molecule has 3 atom stereocenters. The van der Waals surface area contributed by atoms with E-state index in [1.165, 1.54) is 11.1 Å². The van der Waals surface area contributed by atoms with Crippen molar-refractivity contribution in [1.82, 2.24) is 4.90 Å². The number of nitrogens with two attached hydrogens (primary N) is 1. The van der Waals surface area contributed by atoms with Crippen LogP contribution in [0.2, 0.25) is 0 Å². The van der Waals surface area contributed by atoms with Crippen LogP contribution < -0.4 is 5.73 Å². The molecule has 0 bridgehead atoms. The number of hydrogen-bond donors (Lipinski definition) is 1. The van der Waals surface area contributed by atoms with E-state index in [-0.39, 0.29) is 29.8 Å². The zero-order valence-corrected chi connectivity index (χ0v) is 12.4. The summed E-state index contributed by atoms with van der Waals surface area (Å²) in [7, 11) is 0. The van der Waals surface area contributed by atoms with Gasteiger partial charge in [0.1, 0.15) is 0 Å². The van der Waals surface area contributed by atoms with Crippen LogP contribution in [0.5, 0.6) is 0 Å². The van der Waals surface area contributed by atoms with Crippen LogP contribution in [0.25, 0.3) is 0 Å². The largest absolute Gasteiger partial charge is 0.341 e. The van der Waals surface area contributed by atoms with Gasteiger partial charge in [-0.3, -0.25) is 4.79 Å². The second-order valence-corrected chi connectivity index (χ2v) is 6.40. The van der Waals surface area contributed by atoms with Gasteiger partial charge in [0.25, 0.3) is 0 Å². The van der Waals surface area contributed by atoms with Gasteiger partial charge in [0, 0.05) is 30.5 Å². The van der Waals surface area contributed by atoms with Gasteiger partial charge in [0.2, 0.25) is 5.91 Å². The molecule has 1 saturated carbocycles. The van der Waals surface area contributed by atoms with Crippen LogP contribution in [0.4, 0.5) is 0 Å². The van der Waals surface area contributed by atoms with Crippen LogP contribution in [0, 0.1) is 5.92 Å². The molecule has 2 N–H and O–H groups in total. The number of nitrogens with zero attached hydrogens (tertiary/aromatic N) is 1. The Morgan fingerprint density at radius 1 is 1.35 bits per heavy atom. The Labute approximate surface area is 125 Å². The molecule has 2 unspecified atom stereocenters. The number of halogens is 1. The molecule has 1 saturated heterocycles. The summed E-state index contributed by atoms with van der Waals surface area (Å²) < 4.78 is 0.